The summed E-state index contributed by atoms with van der Waals surface area (Å²) >= 11 is 0. The number of hydrogen-bond acceptors (Lipinski definition) is 4. The number of nitrogens with one attached hydrogen (secondary N) is 2. The van der Waals surface area contributed by atoms with E-state index in [2.05, 4.69) is 20.3 Å². The summed E-state index contributed by atoms with van der Waals surface area (Å²) in [5.74, 6) is 1.57. The van der Waals surface area contributed by atoms with Crippen LogP contribution in [-0.2, 0) is 6.42 Å². The molecule has 0 bridgehead atoms. The van der Waals surface area contributed by atoms with Crippen molar-refractivity contribution < 1.29 is 4.74 Å². The number of nitrogens with zero attached hydrogens (tertiary/aromatic N) is 2. The minimum atomic E-state index is 0.141. The van der Waals surface area contributed by atoms with Crippen LogP contribution in [-0.4, -0.2) is 27.6 Å². The second kappa shape index (κ2) is 6.05. The van der Waals surface area contributed by atoms with Gasteiger partial charge in [-0.3, -0.25) is 0 Å². The number of ether oxygens (including phenoxy) is 1. The summed E-state index contributed by atoms with van der Waals surface area (Å²) in [4.78, 5) is 11.3. The number of H-pyrrole nitrogens is 1. The van der Waals surface area contributed by atoms with Gasteiger partial charge in [0.2, 0.25) is 0 Å². The van der Waals surface area contributed by atoms with Gasteiger partial charge in [-0.25, -0.2) is 9.97 Å². The van der Waals surface area contributed by atoms with Gasteiger partial charge in [-0.05, 0) is 26.0 Å². The zero-order chi connectivity index (χ0) is 12.8. The minimum Gasteiger partial charge on any atom is -0.487 e. The normalized spacial score (nSPS) is 10.6. The highest BCUT2D eigenvalue weighted by atomic mass is 16.5. The number of imidazole rings is 1. The van der Waals surface area contributed by atoms with E-state index in [9.17, 15) is 0 Å². The number of hydrogen-bond donors (Lipinski definition) is 2. The first kappa shape index (κ1) is 12.4. The highest BCUT2D eigenvalue weighted by molar-refractivity contribution is 5.49. The summed E-state index contributed by atoms with van der Waals surface area (Å²) in [5, 5.41) is 3.27. The first-order valence-electron chi connectivity index (χ1n) is 6.08. The molecular formula is C13H18N4O. The fourth-order valence-electron chi connectivity index (χ4n) is 1.61. The zero-order valence-corrected chi connectivity index (χ0v) is 10.7. The molecule has 0 aliphatic rings. The third kappa shape index (κ3) is 3.48. The van der Waals surface area contributed by atoms with Gasteiger partial charge in [0.25, 0.3) is 0 Å². The Morgan fingerprint density at radius 1 is 1.44 bits per heavy atom. The lowest BCUT2D eigenvalue weighted by molar-refractivity contribution is 0.243. The van der Waals surface area contributed by atoms with E-state index < -0.39 is 0 Å². The fourth-order valence-corrected chi connectivity index (χ4v) is 1.61. The second-order valence-corrected chi connectivity index (χ2v) is 4.27. The molecule has 0 radical (unpaired) electrons. The van der Waals surface area contributed by atoms with Crippen molar-refractivity contribution in [2.24, 2.45) is 0 Å². The van der Waals surface area contributed by atoms with Crippen molar-refractivity contribution in [1.82, 2.24) is 15.0 Å². The molecule has 5 nitrogen and oxygen atoms in total. The monoisotopic (exact) mass is 246 g/mol. The molecule has 2 aromatic rings. The van der Waals surface area contributed by atoms with Gasteiger partial charge in [0.1, 0.15) is 0 Å². The van der Waals surface area contributed by atoms with Gasteiger partial charge in [0.05, 0.1) is 12.4 Å². The van der Waals surface area contributed by atoms with Gasteiger partial charge >= 0.3 is 0 Å². The summed E-state index contributed by atoms with van der Waals surface area (Å²) in [6.07, 6.45) is 6.28. The summed E-state index contributed by atoms with van der Waals surface area (Å²) in [7, 11) is 0. The van der Waals surface area contributed by atoms with Crippen LogP contribution >= 0.6 is 0 Å². The van der Waals surface area contributed by atoms with E-state index in [0.29, 0.717) is 0 Å². The second-order valence-electron chi connectivity index (χ2n) is 4.27. The Bertz CT molecular complexity index is 468. The van der Waals surface area contributed by atoms with E-state index in [-0.39, 0.29) is 6.10 Å². The molecule has 0 amide bonds. The predicted molar refractivity (Wildman–Crippen MR) is 70.8 cm³/mol. The van der Waals surface area contributed by atoms with Crippen molar-refractivity contribution >= 4 is 5.82 Å². The zero-order valence-electron chi connectivity index (χ0n) is 10.7. The number of aromatic amines is 1. The van der Waals surface area contributed by atoms with E-state index in [4.69, 9.17) is 4.74 Å². The third-order valence-corrected chi connectivity index (χ3v) is 2.37. The molecule has 5 heteroatoms. The topological polar surface area (TPSA) is 62.8 Å². The quantitative estimate of drug-likeness (QED) is 0.820. The predicted octanol–water partition coefficient (Wildman–Crippen LogP) is 2.25. The molecule has 18 heavy (non-hydrogen) atoms. The molecule has 2 N–H and O–H groups in total. The lowest BCUT2D eigenvalue weighted by atomic mass is 10.3. The van der Waals surface area contributed by atoms with Gasteiger partial charge in [0.15, 0.2) is 11.6 Å². The van der Waals surface area contributed by atoms with Crippen molar-refractivity contribution in [3.05, 3.63) is 36.5 Å². The van der Waals surface area contributed by atoms with E-state index in [1.165, 1.54) is 0 Å². The van der Waals surface area contributed by atoms with Crippen molar-refractivity contribution in [2.75, 3.05) is 11.9 Å². The van der Waals surface area contributed by atoms with E-state index in [1.807, 2.05) is 32.2 Å². The molecule has 0 saturated heterocycles. The summed E-state index contributed by atoms with van der Waals surface area (Å²) < 4.78 is 5.69. The molecule has 0 aliphatic carbocycles. The minimum absolute atomic E-state index is 0.141. The number of anilines is 1. The highest BCUT2D eigenvalue weighted by Gasteiger charge is 2.05. The Hall–Kier alpha value is -2.04. The standard InChI is InChI=1S/C13H18N4O/c1-10(2)18-12-4-3-6-15-13(12)16-7-5-11-8-14-9-17-11/h3-4,6,8-10H,5,7H2,1-2H3,(H,14,17)(H,15,16). The van der Waals surface area contributed by atoms with Crippen LogP contribution in [0.1, 0.15) is 19.5 Å². The maximum atomic E-state index is 5.69. The molecule has 2 aromatic heterocycles. The number of aromatic nitrogens is 3. The Labute approximate surface area is 107 Å². The van der Waals surface area contributed by atoms with Crippen LogP contribution in [0.3, 0.4) is 0 Å². The number of pyridine rings is 1. The van der Waals surface area contributed by atoms with Crippen LogP contribution in [0.4, 0.5) is 5.82 Å². The van der Waals surface area contributed by atoms with Crippen LogP contribution < -0.4 is 10.1 Å². The summed E-state index contributed by atoms with van der Waals surface area (Å²) in [5.41, 5.74) is 1.10. The maximum Gasteiger partial charge on any atom is 0.168 e. The molecule has 2 heterocycles. The molecule has 0 aliphatic heterocycles. The highest BCUT2D eigenvalue weighted by Crippen LogP contribution is 2.21. The van der Waals surface area contributed by atoms with E-state index in [0.717, 1.165) is 30.2 Å². The molecule has 0 aromatic carbocycles. The summed E-state index contributed by atoms with van der Waals surface area (Å²) in [6.45, 7) is 4.79. The van der Waals surface area contributed by atoms with Crippen LogP contribution in [0.15, 0.2) is 30.9 Å². The van der Waals surface area contributed by atoms with Crippen LogP contribution in [0.2, 0.25) is 0 Å². The smallest absolute Gasteiger partial charge is 0.168 e. The molecular weight excluding hydrogens is 228 g/mol. The van der Waals surface area contributed by atoms with Gasteiger partial charge in [-0.2, -0.15) is 0 Å². The Kier molecular flexibility index (Phi) is 4.17. The average Bonchev–Trinajstić information content (AvgIpc) is 2.84. The van der Waals surface area contributed by atoms with Crippen LogP contribution in [0.5, 0.6) is 5.75 Å². The molecule has 2 rings (SSSR count). The first-order chi connectivity index (χ1) is 8.75. The molecule has 96 valence electrons. The Morgan fingerprint density at radius 3 is 3.06 bits per heavy atom. The largest absolute Gasteiger partial charge is 0.487 e. The molecule has 0 unspecified atom stereocenters. The van der Waals surface area contributed by atoms with Gasteiger partial charge in [-0.1, -0.05) is 0 Å². The molecule has 0 spiro atoms. The van der Waals surface area contributed by atoms with Crippen LogP contribution in [0, 0.1) is 0 Å². The lowest BCUT2D eigenvalue weighted by Crippen LogP contribution is -2.11. The Balaban J connectivity index is 1.92. The maximum absolute atomic E-state index is 5.69. The molecule has 0 saturated carbocycles. The molecule has 0 fully saturated rings. The number of rotatable bonds is 6. The van der Waals surface area contributed by atoms with E-state index >= 15 is 0 Å². The lowest BCUT2D eigenvalue weighted by Gasteiger charge is -2.14. The third-order valence-electron chi connectivity index (χ3n) is 2.37. The van der Waals surface area contributed by atoms with E-state index in [1.54, 1.807) is 12.5 Å². The van der Waals surface area contributed by atoms with Gasteiger partial charge in [0, 0.05) is 31.1 Å². The van der Waals surface area contributed by atoms with Crippen molar-refractivity contribution in [3.8, 4) is 5.75 Å². The van der Waals surface area contributed by atoms with Crippen molar-refractivity contribution in [3.63, 3.8) is 0 Å². The molecule has 0 atom stereocenters. The average molecular weight is 246 g/mol. The fraction of sp³-hybridized carbons (Fsp3) is 0.385. The van der Waals surface area contributed by atoms with Gasteiger partial charge in [-0.15, -0.1) is 0 Å². The summed E-state index contributed by atoms with van der Waals surface area (Å²) in [6, 6.07) is 3.79. The van der Waals surface area contributed by atoms with Crippen LogP contribution in [0.25, 0.3) is 0 Å². The van der Waals surface area contributed by atoms with Crippen molar-refractivity contribution in [2.45, 2.75) is 26.4 Å². The Morgan fingerprint density at radius 2 is 2.33 bits per heavy atom. The first-order valence-corrected chi connectivity index (χ1v) is 6.08. The SMILES string of the molecule is CC(C)Oc1cccnc1NCCc1cnc[nH]1. The van der Waals surface area contributed by atoms with Crippen molar-refractivity contribution in [1.29, 1.82) is 0 Å². The van der Waals surface area contributed by atoms with Gasteiger partial charge < -0.3 is 15.0 Å².